The van der Waals surface area contributed by atoms with Gasteiger partial charge in [0.1, 0.15) is 0 Å². The molecule has 2 N–H and O–H groups in total. The molecule has 1 atom stereocenters. The summed E-state index contributed by atoms with van der Waals surface area (Å²) in [6.07, 6.45) is 9.96. The van der Waals surface area contributed by atoms with Gasteiger partial charge in [-0.3, -0.25) is 0 Å². The summed E-state index contributed by atoms with van der Waals surface area (Å²) in [5.74, 6) is 0. The fourth-order valence-corrected chi connectivity index (χ4v) is 3.06. The summed E-state index contributed by atoms with van der Waals surface area (Å²) < 4.78 is 2.32. The zero-order chi connectivity index (χ0) is 13.7. The minimum Gasteiger partial charge on any atom is -0.394 e. The van der Waals surface area contributed by atoms with Crippen molar-refractivity contribution in [1.82, 2.24) is 14.9 Å². The Morgan fingerprint density at radius 3 is 2.89 bits per heavy atom. The molecule has 108 valence electrons. The molecule has 2 rings (SSSR count). The molecule has 1 aromatic heterocycles. The molecule has 1 heterocycles. The highest BCUT2D eigenvalue weighted by molar-refractivity contribution is 5.16. The molecule has 19 heavy (non-hydrogen) atoms. The normalized spacial score (nSPS) is 18.1. The van der Waals surface area contributed by atoms with Crippen LogP contribution in [0.2, 0.25) is 0 Å². The molecular weight excluding hydrogens is 238 g/mol. The molecule has 0 fully saturated rings. The van der Waals surface area contributed by atoms with E-state index in [2.05, 4.69) is 21.8 Å². The molecule has 0 saturated carbocycles. The number of nitrogens with zero attached hydrogens (tertiary/aromatic N) is 2. The number of aryl methyl sites for hydroxylation is 2. The van der Waals surface area contributed by atoms with Crippen LogP contribution in [0.4, 0.5) is 0 Å². The molecule has 0 amide bonds. The third kappa shape index (κ3) is 3.18. The molecule has 1 aromatic rings. The second-order valence-electron chi connectivity index (χ2n) is 5.68. The van der Waals surface area contributed by atoms with Crippen LogP contribution in [0.3, 0.4) is 0 Å². The Kier molecular flexibility index (Phi) is 4.99. The van der Waals surface area contributed by atoms with Crippen molar-refractivity contribution in [3.8, 4) is 0 Å². The fourth-order valence-electron chi connectivity index (χ4n) is 3.06. The zero-order valence-electron chi connectivity index (χ0n) is 12.3. The molecule has 0 radical (unpaired) electrons. The van der Waals surface area contributed by atoms with E-state index in [1.165, 1.54) is 30.7 Å². The van der Waals surface area contributed by atoms with Crippen LogP contribution in [-0.2, 0) is 19.4 Å². The van der Waals surface area contributed by atoms with Crippen LogP contribution in [0.25, 0.3) is 0 Å². The average molecular weight is 265 g/mol. The second-order valence-corrected chi connectivity index (χ2v) is 5.68. The number of aromatic nitrogens is 2. The van der Waals surface area contributed by atoms with Crippen LogP contribution in [0, 0.1) is 0 Å². The van der Waals surface area contributed by atoms with E-state index in [4.69, 9.17) is 0 Å². The number of fused-ring (bicyclic) bond motifs is 1. The molecular formula is C15H27N3O. The number of nitrogens with one attached hydrogen (secondary N) is 1. The number of aliphatic hydroxyl groups is 1. The van der Waals surface area contributed by atoms with Crippen molar-refractivity contribution in [3.63, 3.8) is 0 Å². The number of rotatable bonds is 7. The predicted octanol–water partition coefficient (Wildman–Crippen LogP) is 1.90. The van der Waals surface area contributed by atoms with Gasteiger partial charge in [0.05, 0.1) is 18.6 Å². The van der Waals surface area contributed by atoms with Gasteiger partial charge in [-0.05, 0) is 52.0 Å². The number of hydrogen-bond donors (Lipinski definition) is 2. The largest absolute Gasteiger partial charge is 0.394 e. The van der Waals surface area contributed by atoms with E-state index in [-0.39, 0.29) is 12.1 Å². The molecule has 0 bridgehead atoms. The van der Waals surface area contributed by atoms with Gasteiger partial charge in [0.15, 0.2) is 0 Å². The Bertz CT molecular complexity index is 388. The predicted molar refractivity (Wildman–Crippen MR) is 77.3 cm³/mol. The Labute approximate surface area is 116 Å². The van der Waals surface area contributed by atoms with Crippen LogP contribution < -0.4 is 5.32 Å². The fraction of sp³-hybridized carbons (Fsp3) is 0.800. The van der Waals surface area contributed by atoms with E-state index >= 15 is 0 Å². The maximum absolute atomic E-state index is 9.54. The maximum atomic E-state index is 9.54. The van der Waals surface area contributed by atoms with Crippen molar-refractivity contribution in [3.05, 3.63) is 17.7 Å². The van der Waals surface area contributed by atoms with Crippen molar-refractivity contribution in [2.45, 2.75) is 64.0 Å². The van der Waals surface area contributed by atoms with Gasteiger partial charge in [0, 0.05) is 17.8 Å². The molecule has 1 unspecified atom stereocenters. The summed E-state index contributed by atoms with van der Waals surface area (Å²) in [5.41, 5.74) is 2.64. The second kappa shape index (κ2) is 6.53. The van der Waals surface area contributed by atoms with Gasteiger partial charge < -0.3 is 15.0 Å². The first-order valence-electron chi connectivity index (χ1n) is 7.57. The van der Waals surface area contributed by atoms with E-state index in [1.54, 1.807) is 0 Å². The molecule has 0 spiro atoms. The highest BCUT2D eigenvalue weighted by Gasteiger charge is 2.24. The average Bonchev–Trinajstić information content (AvgIpc) is 2.88. The van der Waals surface area contributed by atoms with E-state index in [0.29, 0.717) is 0 Å². The highest BCUT2D eigenvalue weighted by Crippen LogP contribution is 2.22. The maximum Gasteiger partial charge on any atom is 0.0951 e. The standard InChI is InChI=1S/C15H27N3O/c1-3-15(11-19,16-2)9-6-10-18-12-17-13-7-4-5-8-14(13)18/h12,16,19H,3-11H2,1-2H3. The van der Waals surface area contributed by atoms with Crippen molar-refractivity contribution >= 4 is 0 Å². The summed E-state index contributed by atoms with van der Waals surface area (Å²) >= 11 is 0. The van der Waals surface area contributed by atoms with Crippen LogP contribution >= 0.6 is 0 Å². The first-order chi connectivity index (χ1) is 9.24. The van der Waals surface area contributed by atoms with Crippen LogP contribution in [0.1, 0.15) is 50.4 Å². The summed E-state index contributed by atoms with van der Waals surface area (Å²) in [7, 11) is 1.94. The molecule has 0 saturated heterocycles. The number of imidazole rings is 1. The molecule has 1 aliphatic carbocycles. The van der Waals surface area contributed by atoms with E-state index in [0.717, 1.165) is 32.2 Å². The lowest BCUT2D eigenvalue weighted by Gasteiger charge is -2.30. The summed E-state index contributed by atoms with van der Waals surface area (Å²) in [5, 5.41) is 12.8. The van der Waals surface area contributed by atoms with Gasteiger partial charge in [0.25, 0.3) is 0 Å². The lowest BCUT2D eigenvalue weighted by molar-refractivity contribution is 0.151. The van der Waals surface area contributed by atoms with Crippen molar-refractivity contribution < 1.29 is 5.11 Å². The molecule has 0 aromatic carbocycles. The van der Waals surface area contributed by atoms with Gasteiger partial charge in [-0.2, -0.15) is 0 Å². The number of hydrogen-bond acceptors (Lipinski definition) is 3. The Morgan fingerprint density at radius 2 is 2.21 bits per heavy atom. The smallest absolute Gasteiger partial charge is 0.0951 e. The van der Waals surface area contributed by atoms with Crippen molar-refractivity contribution in [1.29, 1.82) is 0 Å². The third-order valence-electron chi connectivity index (χ3n) is 4.67. The lowest BCUT2D eigenvalue weighted by atomic mass is 9.91. The first-order valence-corrected chi connectivity index (χ1v) is 7.57. The van der Waals surface area contributed by atoms with E-state index < -0.39 is 0 Å². The first kappa shape index (κ1) is 14.5. The highest BCUT2D eigenvalue weighted by atomic mass is 16.3. The Balaban J connectivity index is 1.90. The summed E-state index contributed by atoms with van der Waals surface area (Å²) in [4.78, 5) is 4.53. The summed E-state index contributed by atoms with van der Waals surface area (Å²) in [6, 6.07) is 0. The van der Waals surface area contributed by atoms with E-state index in [9.17, 15) is 5.11 Å². The number of likely N-dealkylation sites (N-methyl/N-ethyl adjacent to an activating group) is 1. The zero-order valence-corrected chi connectivity index (χ0v) is 12.3. The quantitative estimate of drug-likeness (QED) is 0.791. The third-order valence-corrected chi connectivity index (χ3v) is 4.67. The number of aliphatic hydroxyl groups excluding tert-OH is 1. The van der Waals surface area contributed by atoms with Crippen molar-refractivity contribution in [2.75, 3.05) is 13.7 Å². The Morgan fingerprint density at radius 1 is 1.42 bits per heavy atom. The van der Waals surface area contributed by atoms with Gasteiger partial charge in [0.2, 0.25) is 0 Å². The van der Waals surface area contributed by atoms with Gasteiger partial charge in [-0.25, -0.2) is 4.98 Å². The monoisotopic (exact) mass is 265 g/mol. The molecule has 4 nitrogen and oxygen atoms in total. The van der Waals surface area contributed by atoms with Crippen LogP contribution in [0.15, 0.2) is 6.33 Å². The van der Waals surface area contributed by atoms with Gasteiger partial charge in [-0.15, -0.1) is 0 Å². The van der Waals surface area contributed by atoms with E-state index in [1.807, 2.05) is 13.4 Å². The minimum absolute atomic E-state index is 0.110. The molecule has 1 aliphatic rings. The SMILES string of the molecule is CCC(CO)(CCCn1cnc2c1CCCC2)NC. The molecule has 0 aliphatic heterocycles. The van der Waals surface area contributed by atoms with Gasteiger partial charge >= 0.3 is 0 Å². The van der Waals surface area contributed by atoms with Crippen molar-refractivity contribution in [2.24, 2.45) is 0 Å². The minimum atomic E-state index is -0.110. The summed E-state index contributed by atoms with van der Waals surface area (Å²) in [6.45, 7) is 3.36. The molecule has 4 heteroatoms. The van der Waals surface area contributed by atoms with Gasteiger partial charge in [-0.1, -0.05) is 6.92 Å². The Hall–Kier alpha value is -0.870. The topological polar surface area (TPSA) is 50.1 Å². The lowest BCUT2D eigenvalue weighted by Crippen LogP contribution is -2.46. The van der Waals surface area contributed by atoms with Crippen LogP contribution in [0.5, 0.6) is 0 Å². The van der Waals surface area contributed by atoms with Crippen LogP contribution in [-0.4, -0.2) is 33.9 Å².